The van der Waals surface area contributed by atoms with Gasteiger partial charge in [0.25, 0.3) is 11.5 Å². The van der Waals surface area contributed by atoms with Gasteiger partial charge in [0.1, 0.15) is 5.82 Å². The molecule has 1 amide bonds. The number of aliphatic carboxylic acids is 1. The van der Waals surface area contributed by atoms with Gasteiger partial charge in [-0.2, -0.15) is 13.2 Å². The number of anilines is 1. The molecule has 0 aliphatic rings. The molecular weight excluding hydrogens is 545 g/mol. The molecule has 0 saturated carbocycles. The monoisotopic (exact) mass is 572 g/mol. The maximum Gasteiger partial charge on any atom is 0.490 e. The fourth-order valence-electron chi connectivity index (χ4n) is 3.38. The van der Waals surface area contributed by atoms with Crippen molar-refractivity contribution in [2.45, 2.75) is 30.8 Å². The van der Waals surface area contributed by atoms with Crippen molar-refractivity contribution >= 4 is 38.3 Å². The fraction of sp³-hybridized carbons (Fsp3) is 0.333. The molecule has 1 aromatic carbocycles. The number of hydrogen-bond donors (Lipinski definition) is 3. The van der Waals surface area contributed by atoms with Crippen molar-refractivity contribution in [2.24, 2.45) is 0 Å². The minimum Gasteiger partial charge on any atom is -0.475 e. The molecule has 0 spiro atoms. The summed E-state index contributed by atoms with van der Waals surface area (Å²) in [4.78, 5) is 40.2. The number of aromatic nitrogens is 2. The van der Waals surface area contributed by atoms with Crippen LogP contribution in [0.25, 0.3) is 21.9 Å². The Kier molecular flexibility index (Phi) is 9.47. The third-order valence-electron chi connectivity index (χ3n) is 5.99. The maximum absolute atomic E-state index is 12.9. The molecule has 3 rings (SSSR count). The highest BCUT2D eigenvalue weighted by Gasteiger charge is 2.43. The van der Waals surface area contributed by atoms with Gasteiger partial charge in [-0.3, -0.25) is 14.8 Å². The van der Waals surface area contributed by atoms with E-state index >= 15 is 0 Å². The minimum atomic E-state index is -5.08. The van der Waals surface area contributed by atoms with E-state index in [0.717, 1.165) is 28.6 Å². The first-order chi connectivity index (χ1) is 17.9. The number of carboxylic acids is 1. The molecule has 1 unspecified atom stereocenters. The molecule has 3 N–H and O–H groups in total. The zero-order valence-corrected chi connectivity index (χ0v) is 22.2. The number of carbonyl (C=O) groups excluding carboxylic acids is 1. The Bertz CT molecular complexity index is 1520. The Morgan fingerprint density at radius 2 is 1.69 bits per heavy atom. The summed E-state index contributed by atoms with van der Waals surface area (Å²) in [6.07, 6.45) is -0.990. The van der Waals surface area contributed by atoms with Crippen LogP contribution in [0.3, 0.4) is 0 Å². The second-order valence-corrected chi connectivity index (χ2v) is 11.4. The van der Waals surface area contributed by atoms with Crippen molar-refractivity contribution in [1.29, 1.82) is 0 Å². The summed E-state index contributed by atoms with van der Waals surface area (Å²) in [6, 6.07) is 11.1. The van der Waals surface area contributed by atoms with Crippen molar-refractivity contribution in [3.8, 4) is 11.1 Å². The number of halogens is 3. The highest BCUT2D eigenvalue weighted by molar-refractivity contribution is 7.92. The predicted molar refractivity (Wildman–Crippen MR) is 137 cm³/mol. The standard InChI is InChI=1S/C22H26N4O5S.C2HF3O2/c1-22(21(28)24-29,32(4,30)31)10-12-26-11-9-16-13-15(5-7-18(16)20(26)27)17-6-8-19(23-14-17)25(2)3;3-2(4,5)1(6)7/h5-9,11,13-14,29H,10,12H2,1-4H3,(H,24,28);(H,6,7). The van der Waals surface area contributed by atoms with Gasteiger partial charge in [-0.25, -0.2) is 23.7 Å². The van der Waals surface area contributed by atoms with Gasteiger partial charge in [0, 0.05) is 50.2 Å². The van der Waals surface area contributed by atoms with Gasteiger partial charge in [0.05, 0.1) is 0 Å². The molecule has 0 fully saturated rings. The van der Waals surface area contributed by atoms with Crippen LogP contribution in [0, 0.1) is 0 Å². The van der Waals surface area contributed by atoms with E-state index in [1.807, 2.05) is 43.3 Å². The number of amides is 1. The second kappa shape index (κ2) is 11.8. The van der Waals surface area contributed by atoms with E-state index in [0.29, 0.717) is 5.39 Å². The van der Waals surface area contributed by atoms with Gasteiger partial charge in [-0.05, 0) is 54.6 Å². The normalized spacial score (nSPS) is 13.1. The van der Waals surface area contributed by atoms with Crippen LogP contribution in [-0.4, -0.2) is 71.4 Å². The molecule has 15 heteroatoms. The molecule has 0 saturated heterocycles. The average molecular weight is 573 g/mol. The number of hydroxylamine groups is 1. The minimum absolute atomic E-state index is 0.0105. The summed E-state index contributed by atoms with van der Waals surface area (Å²) >= 11 is 0. The maximum atomic E-state index is 12.9. The molecule has 39 heavy (non-hydrogen) atoms. The Hall–Kier alpha value is -3.98. The predicted octanol–water partition coefficient (Wildman–Crippen LogP) is 2.46. The number of rotatable bonds is 7. The van der Waals surface area contributed by atoms with E-state index in [-0.39, 0.29) is 18.5 Å². The first-order valence-corrected chi connectivity index (χ1v) is 13.0. The third-order valence-corrected chi connectivity index (χ3v) is 8.02. The Balaban J connectivity index is 0.000000673. The number of nitrogens with zero attached hydrogens (tertiary/aromatic N) is 3. The van der Waals surface area contributed by atoms with E-state index in [1.165, 1.54) is 17.0 Å². The molecule has 1 atom stereocenters. The molecular formula is C24H27F3N4O7S. The highest BCUT2D eigenvalue weighted by atomic mass is 32.2. The molecule has 212 valence electrons. The molecule has 2 aromatic heterocycles. The Morgan fingerprint density at radius 1 is 1.10 bits per heavy atom. The summed E-state index contributed by atoms with van der Waals surface area (Å²) in [5.74, 6) is -2.95. The lowest BCUT2D eigenvalue weighted by molar-refractivity contribution is -0.192. The van der Waals surface area contributed by atoms with E-state index in [1.54, 1.807) is 24.5 Å². The van der Waals surface area contributed by atoms with Crippen molar-refractivity contribution in [1.82, 2.24) is 15.0 Å². The van der Waals surface area contributed by atoms with Crippen LogP contribution in [0.1, 0.15) is 13.3 Å². The van der Waals surface area contributed by atoms with Crippen LogP contribution in [0.15, 0.2) is 53.6 Å². The van der Waals surface area contributed by atoms with Crippen LogP contribution >= 0.6 is 0 Å². The van der Waals surface area contributed by atoms with Crippen molar-refractivity contribution in [2.75, 3.05) is 25.3 Å². The number of sulfone groups is 1. The van der Waals surface area contributed by atoms with Crippen molar-refractivity contribution in [3.05, 3.63) is 59.1 Å². The number of benzene rings is 1. The largest absolute Gasteiger partial charge is 0.490 e. The topological polar surface area (TPSA) is 159 Å². The number of aryl methyl sites for hydroxylation is 1. The highest BCUT2D eigenvalue weighted by Crippen LogP contribution is 2.25. The summed E-state index contributed by atoms with van der Waals surface area (Å²) in [5, 5.41) is 17.3. The molecule has 11 nitrogen and oxygen atoms in total. The first kappa shape index (κ1) is 31.2. The molecule has 2 heterocycles. The number of pyridine rings is 2. The van der Waals surface area contributed by atoms with Crippen LogP contribution < -0.4 is 15.9 Å². The van der Waals surface area contributed by atoms with Gasteiger partial charge >= 0.3 is 12.1 Å². The number of carbonyl (C=O) groups is 2. The van der Waals surface area contributed by atoms with E-state index in [2.05, 4.69) is 4.98 Å². The van der Waals surface area contributed by atoms with E-state index in [4.69, 9.17) is 15.1 Å². The smallest absolute Gasteiger partial charge is 0.475 e. The van der Waals surface area contributed by atoms with Crippen molar-refractivity contribution in [3.63, 3.8) is 0 Å². The van der Waals surface area contributed by atoms with E-state index < -0.39 is 32.6 Å². The summed E-state index contributed by atoms with van der Waals surface area (Å²) in [7, 11) is -0.0135. The number of carboxylic acid groups (broad SMARTS) is 1. The van der Waals surface area contributed by atoms with Crippen LogP contribution in [0.2, 0.25) is 0 Å². The lowest BCUT2D eigenvalue weighted by Crippen LogP contribution is -2.49. The average Bonchev–Trinajstić information content (AvgIpc) is 2.86. The molecule has 0 bridgehead atoms. The van der Waals surface area contributed by atoms with Gasteiger partial charge in [0.2, 0.25) is 0 Å². The summed E-state index contributed by atoms with van der Waals surface area (Å²) in [6.45, 7) is 1.21. The molecule has 0 aliphatic carbocycles. The van der Waals surface area contributed by atoms with E-state index in [9.17, 15) is 31.2 Å². The van der Waals surface area contributed by atoms with Crippen molar-refractivity contribution < 1.29 is 41.5 Å². The van der Waals surface area contributed by atoms with Crippen LogP contribution in [0.4, 0.5) is 19.0 Å². The zero-order valence-electron chi connectivity index (χ0n) is 21.4. The lowest BCUT2D eigenvalue weighted by atomic mass is 10.0. The first-order valence-electron chi connectivity index (χ1n) is 11.1. The summed E-state index contributed by atoms with van der Waals surface area (Å²) in [5.41, 5.74) is 2.95. The van der Waals surface area contributed by atoms with Gasteiger partial charge in [0.15, 0.2) is 14.6 Å². The van der Waals surface area contributed by atoms with Gasteiger partial charge in [-0.1, -0.05) is 6.07 Å². The Labute approximate surface area is 221 Å². The third kappa shape index (κ3) is 7.32. The molecule has 0 aliphatic heterocycles. The number of fused-ring (bicyclic) bond motifs is 1. The second-order valence-electron chi connectivity index (χ2n) is 8.91. The summed E-state index contributed by atoms with van der Waals surface area (Å²) < 4.78 is 55.5. The fourth-order valence-corrected chi connectivity index (χ4v) is 4.23. The quantitative estimate of drug-likeness (QED) is 0.286. The number of alkyl halides is 3. The molecule has 3 aromatic rings. The SMILES string of the molecule is CN(C)c1ccc(-c2ccc3c(=O)n(CCC(C)(C(=O)NO)S(C)(=O)=O)ccc3c2)cn1.O=C(O)C(F)(F)F. The molecule has 0 radical (unpaired) electrons. The van der Waals surface area contributed by atoms with Crippen LogP contribution in [-0.2, 0) is 26.0 Å². The zero-order chi connectivity index (χ0) is 29.8. The number of nitrogens with one attached hydrogen (secondary N) is 1. The van der Waals surface area contributed by atoms with Gasteiger partial charge in [-0.15, -0.1) is 0 Å². The lowest BCUT2D eigenvalue weighted by Gasteiger charge is -2.25. The van der Waals surface area contributed by atoms with Gasteiger partial charge < -0.3 is 14.6 Å². The number of hydrogen-bond acceptors (Lipinski definition) is 8. The van der Waals surface area contributed by atoms with Crippen LogP contribution in [0.5, 0.6) is 0 Å². The Morgan fingerprint density at radius 3 is 2.15 bits per heavy atom.